The minimum atomic E-state index is -3.51. The van der Waals surface area contributed by atoms with Crippen molar-refractivity contribution >= 4 is 61.5 Å². The molecule has 0 bridgehead atoms. The van der Waals surface area contributed by atoms with Gasteiger partial charge >= 0.3 is 0 Å². The van der Waals surface area contributed by atoms with Crippen molar-refractivity contribution in [3.63, 3.8) is 0 Å². The van der Waals surface area contributed by atoms with Crippen molar-refractivity contribution in [1.82, 2.24) is 4.72 Å². The van der Waals surface area contributed by atoms with Crippen molar-refractivity contribution in [1.29, 1.82) is 0 Å². The van der Waals surface area contributed by atoms with E-state index in [0.29, 0.717) is 22.2 Å². The molecule has 0 fully saturated rings. The number of nitrogens with one attached hydrogen (secondary N) is 1. The van der Waals surface area contributed by atoms with E-state index in [2.05, 4.69) is 4.72 Å². The van der Waals surface area contributed by atoms with Gasteiger partial charge in [-0.3, -0.25) is 0 Å². The van der Waals surface area contributed by atoms with Gasteiger partial charge in [0.25, 0.3) is 0 Å². The van der Waals surface area contributed by atoms with Crippen molar-refractivity contribution in [3.05, 3.63) is 38.4 Å². The van der Waals surface area contributed by atoms with Crippen LogP contribution in [-0.2, 0) is 16.4 Å². The third kappa shape index (κ3) is 4.00. The number of hydrogen-bond acceptors (Lipinski definition) is 5. The summed E-state index contributed by atoms with van der Waals surface area (Å²) in [6, 6.07) is 6.80. The van der Waals surface area contributed by atoms with Crippen LogP contribution in [0.2, 0.25) is 4.34 Å². The minimum Gasteiger partial charge on any atom is -0.389 e. The molecule has 0 spiro atoms. The lowest BCUT2D eigenvalue weighted by molar-refractivity contribution is 0.584. The number of hydrogen-bond donors (Lipinski definition) is 2. The molecule has 3 N–H and O–H groups in total. The molecule has 0 aromatic carbocycles. The fourth-order valence-electron chi connectivity index (χ4n) is 1.46. The van der Waals surface area contributed by atoms with Gasteiger partial charge in [-0.1, -0.05) is 23.8 Å². The molecule has 0 aliphatic heterocycles. The molecule has 2 aromatic heterocycles. The smallest absolute Gasteiger partial charge is 0.250 e. The Balaban J connectivity index is 1.98. The van der Waals surface area contributed by atoms with Crippen molar-refractivity contribution in [2.24, 2.45) is 5.73 Å². The lowest BCUT2D eigenvalue weighted by Gasteiger charge is -2.03. The highest BCUT2D eigenvalue weighted by atomic mass is 35.5. The van der Waals surface area contributed by atoms with Crippen LogP contribution < -0.4 is 10.5 Å². The summed E-state index contributed by atoms with van der Waals surface area (Å²) < 4.78 is 27.6. The van der Waals surface area contributed by atoms with Gasteiger partial charge in [-0.25, -0.2) is 13.1 Å². The first-order valence-electron chi connectivity index (χ1n) is 5.52. The average molecular weight is 367 g/mol. The average Bonchev–Trinajstić information content (AvgIpc) is 2.98. The normalized spacial score (nSPS) is 11.7. The first-order chi connectivity index (χ1) is 9.38. The zero-order valence-electron chi connectivity index (χ0n) is 10.1. The Morgan fingerprint density at radius 3 is 2.60 bits per heavy atom. The van der Waals surface area contributed by atoms with Crippen molar-refractivity contribution in [3.8, 4) is 0 Å². The first-order valence-corrected chi connectivity index (χ1v) is 9.42. The van der Waals surface area contributed by atoms with Crippen molar-refractivity contribution in [2.45, 2.75) is 10.6 Å². The monoisotopic (exact) mass is 366 g/mol. The molecular formula is C11H11ClN2O2S4. The molecule has 0 amide bonds. The van der Waals surface area contributed by atoms with Gasteiger partial charge < -0.3 is 5.73 Å². The largest absolute Gasteiger partial charge is 0.389 e. The Morgan fingerprint density at radius 1 is 1.30 bits per heavy atom. The lowest BCUT2D eigenvalue weighted by atomic mass is 10.3. The molecule has 0 saturated carbocycles. The summed E-state index contributed by atoms with van der Waals surface area (Å²) in [6.07, 6.45) is 0.601. The first kappa shape index (κ1) is 15.9. The quantitative estimate of drug-likeness (QED) is 0.771. The van der Waals surface area contributed by atoms with Gasteiger partial charge in [0.05, 0.1) is 9.21 Å². The van der Waals surface area contributed by atoms with Gasteiger partial charge in [0.15, 0.2) is 0 Å². The third-order valence-electron chi connectivity index (χ3n) is 2.38. The van der Waals surface area contributed by atoms with Gasteiger partial charge in [-0.15, -0.1) is 22.7 Å². The molecule has 108 valence electrons. The van der Waals surface area contributed by atoms with Gasteiger partial charge in [-0.05, 0) is 30.7 Å². The maximum absolute atomic E-state index is 12.1. The molecule has 2 rings (SSSR count). The second kappa shape index (κ2) is 6.50. The van der Waals surface area contributed by atoms with E-state index in [1.54, 1.807) is 12.1 Å². The summed E-state index contributed by atoms with van der Waals surface area (Å²) in [5, 5.41) is 0. The standard InChI is InChI=1S/C11H11ClN2O2S4/c12-9-3-1-7(18-9)5-6-14-20(15,16)10-4-2-8(19-10)11(13)17/h1-4,14H,5-6H2,(H2,13,17). The number of thiocarbonyl (C=S) groups is 1. The van der Waals surface area contributed by atoms with Gasteiger partial charge in [0, 0.05) is 11.4 Å². The van der Waals surface area contributed by atoms with Gasteiger partial charge in [-0.2, -0.15) is 0 Å². The number of thiophene rings is 2. The fraction of sp³-hybridized carbons (Fsp3) is 0.182. The Labute approximate surface area is 135 Å². The fourth-order valence-corrected chi connectivity index (χ4v) is 4.98. The van der Waals surface area contributed by atoms with E-state index in [4.69, 9.17) is 29.6 Å². The summed E-state index contributed by atoms with van der Waals surface area (Å²) in [6.45, 7) is 0.319. The van der Waals surface area contributed by atoms with Crippen molar-refractivity contribution in [2.75, 3.05) is 6.54 Å². The highest BCUT2D eigenvalue weighted by Gasteiger charge is 2.17. The van der Waals surface area contributed by atoms with E-state index in [9.17, 15) is 8.42 Å². The number of sulfonamides is 1. The molecule has 0 radical (unpaired) electrons. The molecule has 0 aliphatic rings. The number of rotatable bonds is 6. The summed E-state index contributed by atoms with van der Waals surface area (Å²) in [5.74, 6) is 0. The highest BCUT2D eigenvalue weighted by Crippen LogP contribution is 2.23. The third-order valence-corrected chi connectivity index (χ3v) is 7.09. The SMILES string of the molecule is NC(=S)c1ccc(S(=O)(=O)NCCc2ccc(Cl)s2)s1. The predicted octanol–water partition coefficient (Wildman–Crippen LogP) is 2.62. The second-order valence-electron chi connectivity index (χ2n) is 3.84. The number of halogens is 1. The zero-order valence-corrected chi connectivity index (χ0v) is 14.2. The van der Waals surface area contributed by atoms with Crippen LogP contribution in [0.3, 0.4) is 0 Å². The Hall–Kier alpha value is -0.510. The van der Waals surface area contributed by atoms with Crippen LogP contribution in [-0.4, -0.2) is 20.0 Å². The zero-order chi connectivity index (χ0) is 14.8. The number of nitrogens with two attached hydrogens (primary N) is 1. The van der Waals surface area contributed by atoms with Crippen LogP contribution in [0.5, 0.6) is 0 Å². The van der Waals surface area contributed by atoms with Crippen molar-refractivity contribution < 1.29 is 8.42 Å². The van der Waals surface area contributed by atoms with Crippen LogP contribution in [0.4, 0.5) is 0 Å². The Bertz CT molecular complexity index is 720. The molecule has 9 heteroatoms. The summed E-state index contributed by atoms with van der Waals surface area (Å²) in [4.78, 5) is 1.82. The van der Waals surface area contributed by atoms with Gasteiger partial charge in [0.2, 0.25) is 10.0 Å². The van der Waals surface area contributed by atoms with Crippen LogP contribution in [0, 0.1) is 0 Å². The molecule has 4 nitrogen and oxygen atoms in total. The van der Waals surface area contributed by atoms with Crippen LogP contribution in [0.15, 0.2) is 28.5 Å². The summed E-state index contributed by atoms with van der Waals surface area (Å²) in [7, 11) is -3.51. The van der Waals surface area contributed by atoms with Gasteiger partial charge in [0.1, 0.15) is 9.20 Å². The maximum Gasteiger partial charge on any atom is 0.250 e. The van der Waals surface area contributed by atoms with Crippen LogP contribution in [0.1, 0.15) is 9.75 Å². The Kier molecular flexibility index (Phi) is 5.16. The Morgan fingerprint density at radius 2 is 2.05 bits per heavy atom. The van der Waals surface area contributed by atoms with Crippen LogP contribution in [0.25, 0.3) is 0 Å². The molecule has 2 aromatic rings. The molecule has 0 saturated heterocycles. The minimum absolute atomic E-state index is 0.199. The second-order valence-corrected chi connectivity index (χ2v) is 9.15. The molecule has 0 atom stereocenters. The molecule has 0 unspecified atom stereocenters. The van der Waals surface area contributed by atoms with E-state index in [-0.39, 0.29) is 9.20 Å². The lowest BCUT2D eigenvalue weighted by Crippen LogP contribution is -2.25. The molecule has 2 heterocycles. The van der Waals surface area contributed by atoms with E-state index >= 15 is 0 Å². The maximum atomic E-state index is 12.1. The van der Waals surface area contributed by atoms with E-state index < -0.39 is 10.0 Å². The predicted molar refractivity (Wildman–Crippen MR) is 88.4 cm³/mol. The summed E-state index contributed by atoms with van der Waals surface area (Å²) >= 11 is 13.1. The molecular weight excluding hydrogens is 356 g/mol. The van der Waals surface area contributed by atoms with E-state index in [0.717, 1.165) is 16.2 Å². The van der Waals surface area contributed by atoms with Crippen LogP contribution >= 0.6 is 46.5 Å². The summed E-state index contributed by atoms with van der Waals surface area (Å²) in [5.41, 5.74) is 5.46. The topological polar surface area (TPSA) is 72.2 Å². The van der Waals surface area contributed by atoms with E-state index in [1.807, 2.05) is 6.07 Å². The van der Waals surface area contributed by atoms with E-state index in [1.165, 1.54) is 17.4 Å². The molecule has 20 heavy (non-hydrogen) atoms. The molecule has 0 aliphatic carbocycles. The highest BCUT2D eigenvalue weighted by molar-refractivity contribution is 7.91.